The Morgan fingerprint density at radius 3 is 2.95 bits per heavy atom. The van der Waals surface area contributed by atoms with Crippen molar-refractivity contribution in [3.8, 4) is 17.1 Å². The molecule has 1 amide bonds. The molecule has 106 valence electrons. The average molecular weight is 301 g/mol. The predicted octanol–water partition coefficient (Wildman–Crippen LogP) is 3.06. The van der Waals surface area contributed by atoms with Crippen molar-refractivity contribution >= 4 is 23.1 Å². The van der Waals surface area contributed by atoms with Gasteiger partial charge in [0.25, 0.3) is 5.91 Å². The van der Waals surface area contributed by atoms with Crippen molar-refractivity contribution in [1.29, 1.82) is 0 Å². The summed E-state index contributed by atoms with van der Waals surface area (Å²) in [6.45, 7) is 0. The number of thiophene rings is 1. The third-order valence-electron chi connectivity index (χ3n) is 2.77. The fourth-order valence-electron chi connectivity index (χ4n) is 1.70. The Morgan fingerprint density at radius 1 is 1.38 bits per heavy atom. The van der Waals surface area contributed by atoms with E-state index in [1.165, 1.54) is 13.3 Å². The number of carbonyl (C=O) groups excluding carboxylic acids is 1. The number of amides is 1. The molecule has 0 radical (unpaired) electrons. The second-order valence-corrected chi connectivity index (χ2v) is 4.91. The average Bonchev–Trinajstić information content (AvgIpc) is 3.18. The zero-order valence-electron chi connectivity index (χ0n) is 11.1. The zero-order chi connectivity index (χ0) is 14.7. The van der Waals surface area contributed by atoms with Gasteiger partial charge in [-0.2, -0.15) is 11.3 Å². The number of rotatable bonds is 4. The van der Waals surface area contributed by atoms with Gasteiger partial charge >= 0.3 is 0 Å². The van der Waals surface area contributed by atoms with E-state index in [4.69, 9.17) is 9.26 Å². The lowest BCUT2D eigenvalue weighted by molar-refractivity contribution is 0.102. The Morgan fingerprint density at radius 2 is 2.29 bits per heavy atom. The lowest BCUT2D eigenvalue weighted by atomic mass is 10.2. The Hall–Kier alpha value is -2.67. The van der Waals surface area contributed by atoms with Gasteiger partial charge in [0.15, 0.2) is 0 Å². The monoisotopic (exact) mass is 301 g/mol. The van der Waals surface area contributed by atoms with Crippen LogP contribution < -0.4 is 10.1 Å². The Balaban J connectivity index is 1.72. The second kappa shape index (κ2) is 5.76. The fourth-order valence-corrected chi connectivity index (χ4v) is 2.35. The number of aromatic nitrogens is 2. The number of methoxy groups -OCH3 is 1. The number of nitrogens with zero attached hydrogens (tertiary/aromatic N) is 2. The first-order valence-corrected chi connectivity index (χ1v) is 7.01. The smallest absolute Gasteiger partial charge is 0.259 e. The first kappa shape index (κ1) is 13.3. The second-order valence-electron chi connectivity index (χ2n) is 4.13. The number of pyridine rings is 1. The van der Waals surface area contributed by atoms with Crippen LogP contribution in [0.2, 0.25) is 0 Å². The predicted molar refractivity (Wildman–Crippen MR) is 78.6 cm³/mol. The number of nitrogens with one attached hydrogen (secondary N) is 1. The SMILES string of the molecule is COc1ccc(C(=O)Nc2cc(-c3ccsc3)no2)cn1. The van der Waals surface area contributed by atoms with Crippen molar-refractivity contribution in [1.82, 2.24) is 10.1 Å². The van der Waals surface area contributed by atoms with E-state index in [0.717, 1.165) is 5.56 Å². The molecule has 3 heterocycles. The summed E-state index contributed by atoms with van der Waals surface area (Å²) in [5.74, 6) is 0.418. The minimum atomic E-state index is -0.321. The van der Waals surface area contributed by atoms with Gasteiger partial charge in [-0.3, -0.25) is 10.1 Å². The van der Waals surface area contributed by atoms with Crippen molar-refractivity contribution in [3.05, 3.63) is 46.8 Å². The lowest BCUT2D eigenvalue weighted by Gasteiger charge is -2.01. The van der Waals surface area contributed by atoms with E-state index in [-0.39, 0.29) is 11.8 Å². The molecule has 21 heavy (non-hydrogen) atoms. The van der Waals surface area contributed by atoms with Gasteiger partial charge in [-0.25, -0.2) is 4.98 Å². The molecule has 6 nitrogen and oxygen atoms in total. The molecule has 3 rings (SSSR count). The fraction of sp³-hybridized carbons (Fsp3) is 0.0714. The first-order valence-electron chi connectivity index (χ1n) is 6.07. The summed E-state index contributed by atoms with van der Waals surface area (Å²) in [5.41, 5.74) is 2.04. The van der Waals surface area contributed by atoms with Crippen molar-refractivity contribution in [3.63, 3.8) is 0 Å². The van der Waals surface area contributed by atoms with Crippen molar-refractivity contribution < 1.29 is 14.1 Å². The Kier molecular flexibility index (Phi) is 3.65. The summed E-state index contributed by atoms with van der Waals surface area (Å²) in [4.78, 5) is 16.0. The summed E-state index contributed by atoms with van der Waals surface area (Å²) in [5, 5.41) is 10.5. The molecule has 0 atom stereocenters. The van der Waals surface area contributed by atoms with Crippen LogP contribution >= 0.6 is 11.3 Å². The van der Waals surface area contributed by atoms with E-state index in [0.29, 0.717) is 17.1 Å². The van der Waals surface area contributed by atoms with Crippen LogP contribution in [0.1, 0.15) is 10.4 Å². The van der Waals surface area contributed by atoms with Crippen LogP contribution in [0, 0.1) is 0 Å². The van der Waals surface area contributed by atoms with Crippen LogP contribution in [0.3, 0.4) is 0 Å². The number of hydrogen-bond acceptors (Lipinski definition) is 6. The third-order valence-corrected chi connectivity index (χ3v) is 3.45. The summed E-state index contributed by atoms with van der Waals surface area (Å²) in [6, 6.07) is 6.85. The van der Waals surface area contributed by atoms with Crippen LogP contribution in [0.4, 0.5) is 5.88 Å². The van der Waals surface area contributed by atoms with E-state index < -0.39 is 0 Å². The van der Waals surface area contributed by atoms with Gasteiger partial charge in [-0.1, -0.05) is 5.16 Å². The van der Waals surface area contributed by atoms with Gasteiger partial charge < -0.3 is 9.26 Å². The molecule has 3 aromatic rings. The number of anilines is 1. The molecule has 0 aromatic carbocycles. The standard InChI is InChI=1S/C14H11N3O3S/c1-19-12-3-2-9(7-15-12)14(18)16-13-6-11(17-20-13)10-4-5-21-8-10/h2-8H,1H3,(H,16,18). The summed E-state index contributed by atoms with van der Waals surface area (Å²) < 4.78 is 10.0. The molecule has 1 N–H and O–H groups in total. The van der Waals surface area contributed by atoms with Gasteiger partial charge in [0.2, 0.25) is 11.8 Å². The molecular weight excluding hydrogens is 290 g/mol. The highest BCUT2D eigenvalue weighted by Gasteiger charge is 2.12. The minimum Gasteiger partial charge on any atom is -0.481 e. The molecule has 0 fully saturated rings. The highest BCUT2D eigenvalue weighted by molar-refractivity contribution is 7.08. The molecule has 7 heteroatoms. The molecule has 0 saturated carbocycles. The van der Waals surface area contributed by atoms with Gasteiger partial charge in [0.1, 0.15) is 5.69 Å². The van der Waals surface area contributed by atoms with Gasteiger partial charge in [-0.05, 0) is 17.5 Å². The third kappa shape index (κ3) is 2.92. The quantitative estimate of drug-likeness (QED) is 0.801. The van der Waals surface area contributed by atoms with Crippen molar-refractivity contribution in [2.24, 2.45) is 0 Å². The minimum absolute atomic E-state index is 0.289. The molecule has 0 aliphatic rings. The van der Waals surface area contributed by atoms with Crippen LogP contribution in [-0.2, 0) is 0 Å². The van der Waals surface area contributed by atoms with E-state index in [1.807, 2.05) is 16.8 Å². The van der Waals surface area contributed by atoms with Gasteiger partial charge in [0.05, 0.1) is 12.7 Å². The highest BCUT2D eigenvalue weighted by Crippen LogP contribution is 2.24. The maximum atomic E-state index is 12.0. The Bertz CT molecular complexity index is 735. The van der Waals surface area contributed by atoms with E-state index >= 15 is 0 Å². The molecular formula is C14H11N3O3S. The largest absolute Gasteiger partial charge is 0.481 e. The maximum Gasteiger partial charge on any atom is 0.259 e. The van der Waals surface area contributed by atoms with E-state index in [9.17, 15) is 4.79 Å². The number of ether oxygens (including phenoxy) is 1. The molecule has 0 unspecified atom stereocenters. The molecule has 0 aliphatic carbocycles. The van der Waals surface area contributed by atoms with E-state index in [2.05, 4.69) is 15.5 Å². The van der Waals surface area contributed by atoms with Crippen LogP contribution in [-0.4, -0.2) is 23.2 Å². The summed E-state index contributed by atoms with van der Waals surface area (Å²) in [7, 11) is 1.52. The van der Waals surface area contributed by atoms with Crippen LogP contribution in [0.25, 0.3) is 11.3 Å². The molecule has 0 spiro atoms. The maximum absolute atomic E-state index is 12.0. The van der Waals surface area contributed by atoms with E-state index in [1.54, 1.807) is 29.5 Å². The van der Waals surface area contributed by atoms with Gasteiger partial charge in [-0.15, -0.1) is 0 Å². The summed E-state index contributed by atoms with van der Waals surface area (Å²) >= 11 is 1.57. The highest BCUT2D eigenvalue weighted by atomic mass is 32.1. The molecule has 0 aliphatic heterocycles. The first-order chi connectivity index (χ1) is 10.3. The Labute approximate surface area is 124 Å². The van der Waals surface area contributed by atoms with Crippen LogP contribution in [0.15, 0.2) is 45.7 Å². The topological polar surface area (TPSA) is 77.2 Å². The van der Waals surface area contributed by atoms with Gasteiger partial charge in [0, 0.05) is 29.3 Å². The number of carbonyl (C=O) groups is 1. The number of hydrogen-bond donors (Lipinski definition) is 1. The summed E-state index contributed by atoms with van der Waals surface area (Å²) in [6.07, 6.45) is 1.43. The van der Waals surface area contributed by atoms with Crippen molar-refractivity contribution in [2.45, 2.75) is 0 Å². The molecule has 3 aromatic heterocycles. The van der Waals surface area contributed by atoms with Crippen molar-refractivity contribution in [2.75, 3.05) is 12.4 Å². The molecule has 0 saturated heterocycles. The van der Waals surface area contributed by atoms with Crippen LogP contribution in [0.5, 0.6) is 5.88 Å². The zero-order valence-corrected chi connectivity index (χ0v) is 11.9. The normalized spacial score (nSPS) is 10.3. The lowest BCUT2D eigenvalue weighted by Crippen LogP contribution is -2.11. The molecule has 0 bridgehead atoms.